The number of hydrogen-bond donors (Lipinski definition) is 2. The number of benzene rings is 1. The number of carbonyl (C=O) groups excluding carboxylic acids is 1. The van der Waals surface area contributed by atoms with E-state index in [2.05, 4.69) is 33.2 Å². The molecule has 0 aromatic heterocycles. The van der Waals surface area contributed by atoms with Crippen molar-refractivity contribution >= 4 is 27.5 Å². The summed E-state index contributed by atoms with van der Waals surface area (Å²) in [6.45, 7) is 2.88. The monoisotopic (exact) mass is 357 g/mol. The van der Waals surface area contributed by atoms with E-state index < -0.39 is 5.82 Å². The molecule has 0 unspecified atom stereocenters. The van der Waals surface area contributed by atoms with Gasteiger partial charge in [0.25, 0.3) is 5.91 Å². The number of halogens is 2. The maximum atomic E-state index is 13.3. The van der Waals surface area contributed by atoms with Crippen molar-refractivity contribution < 1.29 is 9.18 Å². The maximum Gasteiger partial charge on any atom is 0.252 e. The second-order valence-electron chi connectivity index (χ2n) is 5.64. The summed E-state index contributed by atoms with van der Waals surface area (Å²) in [5, 5.41) is 2.88. The molecule has 6 heteroatoms. The second kappa shape index (κ2) is 7.22. The van der Waals surface area contributed by atoms with E-state index in [1.54, 1.807) is 0 Å². The van der Waals surface area contributed by atoms with Crippen LogP contribution in [0.25, 0.3) is 0 Å². The van der Waals surface area contributed by atoms with E-state index in [4.69, 9.17) is 5.73 Å². The summed E-state index contributed by atoms with van der Waals surface area (Å²) in [7, 11) is 2.13. The first-order valence-electron chi connectivity index (χ1n) is 7.18. The van der Waals surface area contributed by atoms with Crippen LogP contribution in [0.15, 0.2) is 16.6 Å². The van der Waals surface area contributed by atoms with Gasteiger partial charge in [-0.05, 0) is 73.4 Å². The van der Waals surface area contributed by atoms with Crippen LogP contribution in [0, 0.1) is 11.7 Å². The molecule has 0 aliphatic carbocycles. The molecule has 3 N–H and O–H groups in total. The fourth-order valence-electron chi connectivity index (χ4n) is 2.58. The molecule has 0 radical (unpaired) electrons. The van der Waals surface area contributed by atoms with Crippen molar-refractivity contribution in [1.82, 2.24) is 10.2 Å². The van der Waals surface area contributed by atoms with Gasteiger partial charge in [-0.25, -0.2) is 4.39 Å². The molecule has 116 valence electrons. The standard InChI is InChI=1S/C15H21BrFN3O/c1-20-6-3-10(4-7-20)2-5-19-15(21)11-8-14(18)13(17)9-12(11)16/h8-10H,2-7,18H2,1H3,(H,19,21). The number of hydrogen-bond acceptors (Lipinski definition) is 3. The molecule has 1 aliphatic rings. The summed E-state index contributed by atoms with van der Waals surface area (Å²) < 4.78 is 13.7. The predicted octanol–water partition coefficient (Wildman–Crippen LogP) is 2.63. The second-order valence-corrected chi connectivity index (χ2v) is 6.50. The first-order valence-corrected chi connectivity index (χ1v) is 7.98. The summed E-state index contributed by atoms with van der Waals surface area (Å²) in [5.74, 6) is -0.0746. The third-order valence-electron chi connectivity index (χ3n) is 4.01. The topological polar surface area (TPSA) is 58.4 Å². The highest BCUT2D eigenvalue weighted by molar-refractivity contribution is 9.10. The van der Waals surface area contributed by atoms with Gasteiger partial charge in [-0.2, -0.15) is 0 Å². The average Bonchev–Trinajstić information content (AvgIpc) is 2.45. The highest BCUT2D eigenvalue weighted by Gasteiger charge is 2.17. The molecule has 0 saturated carbocycles. The average molecular weight is 358 g/mol. The van der Waals surface area contributed by atoms with Gasteiger partial charge < -0.3 is 16.0 Å². The maximum absolute atomic E-state index is 13.3. The number of nitrogens with one attached hydrogen (secondary N) is 1. The van der Waals surface area contributed by atoms with Crippen LogP contribution in [0.3, 0.4) is 0 Å². The van der Waals surface area contributed by atoms with Crippen molar-refractivity contribution in [3.05, 3.63) is 28.0 Å². The van der Waals surface area contributed by atoms with Crippen LogP contribution in [-0.2, 0) is 0 Å². The molecular weight excluding hydrogens is 337 g/mol. The smallest absolute Gasteiger partial charge is 0.252 e. The van der Waals surface area contributed by atoms with Crippen LogP contribution in [0.1, 0.15) is 29.6 Å². The first-order chi connectivity index (χ1) is 9.97. The lowest BCUT2D eigenvalue weighted by atomic mass is 9.94. The third-order valence-corrected chi connectivity index (χ3v) is 4.66. The zero-order valence-electron chi connectivity index (χ0n) is 12.2. The summed E-state index contributed by atoms with van der Waals surface area (Å²) in [6, 6.07) is 2.59. The van der Waals surface area contributed by atoms with Gasteiger partial charge in [0.15, 0.2) is 0 Å². The van der Waals surface area contributed by atoms with Gasteiger partial charge in [-0.3, -0.25) is 4.79 Å². The quantitative estimate of drug-likeness (QED) is 0.814. The van der Waals surface area contributed by atoms with Crippen molar-refractivity contribution in [1.29, 1.82) is 0 Å². The number of nitrogens with zero attached hydrogens (tertiary/aromatic N) is 1. The van der Waals surface area contributed by atoms with Crippen LogP contribution in [0.2, 0.25) is 0 Å². The van der Waals surface area contributed by atoms with Crippen LogP contribution in [-0.4, -0.2) is 37.5 Å². The van der Waals surface area contributed by atoms with Crippen LogP contribution < -0.4 is 11.1 Å². The summed E-state index contributed by atoms with van der Waals surface area (Å²) in [6.07, 6.45) is 3.34. The lowest BCUT2D eigenvalue weighted by Crippen LogP contribution is -2.32. The number of nitrogens with two attached hydrogens (primary N) is 1. The molecule has 21 heavy (non-hydrogen) atoms. The highest BCUT2D eigenvalue weighted by Crippen LogP contribution is 2.23. The Kier molecular flexibility index (Phi) is 5.58. The lowest BCUT2D eigenvalue weighted by Gasteiger charge is -2.28. The van der Waals surface area contributed by atoms with Gasteiger partial charge in [0.2, 0.25) is 0 Å². The normalized spacial score (nSPS) is 16.9. The highest BCUT2D eigenvalue weighted by atomic mass is 79.9. The van der Waals surface area contributed by atoms with E-state index >= 15 is 0 Å². The summed E-state index contributed by atoms with van der Waals surface area (Å²) >= 11 is 3.20. The summed E-state index contributed by atoms with van der Waals surface area (Å²) in [5.41, 5.74) is 5.86. The number of carbonyl (C=O) groups is 1. The summed E-state index contributed by atoms with van der Waals surface area (Å²) in [4.78, 5) is 14.4. The van der Waals surface area contributed by atoms with Gasteiger partial charge >= 0.3 is 0 Å². The number of anilines is 1. The zero-order chi connectivity index (χ0) is 15.4. The largest absolute Gasteiger partial charge is 0.396 e. The number of likely N-dealkylation sites (tertiary alicyclic amines) is 1. The molecule has 0 atom stereocenters. The predicted molar refractivity (Wildman–Crippen MR) is 85.7 cm³/mol. The Morgan fingerprint density at radius 1 is 1.48 bits per heavy atom. The molecule has 1 aromatic carbocycles. The Labute approximate surface area is 133 Å². The minimum Gasteiger partial charge on any atom is -0.396 e. The minimum absolute atomic E-state index is 0.0151. The number of piperidine rings is 1. The Hall–Kier alpha value is -1.14. The van der Waals surface area contributed by atoms with Crippen molar-refractivity contribution in [3.63, 3.8) is 0 Å². The van der Waals surface area contributed by atoms with E-state index in [1.165, 1.54) is 25.0 Å². The van der Waals surface area contributed by atoms with Crippen molar-refractivity contribution in [3.8, 4) is 0 Å². The molecule has 2 rings (SSSR count). The molecule has 1 saturated heterocycles. The molecule has 0 bridgehead atoms. The van der Waals surface area contributed by atoms with Crippen LogP contribution >= 0.6 is 15.9 Å². The fourth-order valence-corrected chi connectivity index (χ4v) is 3.07. The minimum atomic E-state index is -0.523. The van der Waals surface area contributed by atoms with Gasteiger partial charge in [-0.15, -0.1) is 0 Å². The van der Waals surface area contributed by atoms with E-state index in [-0.39, 0.29) is 11.6 Å². The van der Waals surface area contributed by atoms with Crippen molar-refractivity contribution in [2.75, 3.05) is 32.4 Å². The first kappa shape index (κ1) is 16.2. The molecule has 1 amide bonds. The fraction of sp³-hybridized carbons (Fsp3) is 0.533. The number of nitrogen functional groups attached to an aromatic ring is 1. The zero-order valence-corrected chi connectivity index (χ0v) is 13.7. The number of rotatable bonds is 4. The van der Waals surface area contributed by atoms with Crippen LogP contribution in [0.5, 0.6) is 0 Å². The van der Waals surface area contributed by atoms with Gasteiger partial charge in [0, 0.05) is 11.0 Å². The van der Waals surface area contributed by atoms with Gasteiger partial charge in [0.05, 0.1) is 11.3 Å². The van der Waals surface area contributed by atoms with Crippen LogP contribution in [0.4, 0.5) is 10.1 Å². The number of amides is 1. The van der Waals surface area contributed by atoms with E-state index in [9.17, 15) is 9.18 Å². The molecule has 1 aliphatic heterocycles. The van der Waals surface area contributed by atoms with E-state index in [0.29, 0.717) is 22.5 Å². The van der Waals surface area contributed by atoms with E-state index in [0.717, 1.165) is 19.5 Å². The molecule has 1 aromatic rings. The molecule has 1 fully saturated rings. The molecule has 4 nitrogen and oxygen atoms in total. The van der Waals surface area contributed by atoms with Crippen molar-refractivity contribution in [2.24, 2.45) is 5.92 Å². The van der Waals surface area contributed by atoms with E-state index in [1.807, 2.05) is 0 Å². The van der Waals surface area contributed by atoms with Gasteiger partial charge in [0.1, 0.15) is 5.82 Å². The van der Waals surface area contributed by atoms with Gasteiger partial charge in [-0.1, -0.05) is 0 Å². The SMILES string of the molecule is CN1CCC(CCNC(=O)c2cc(N)c(F)cc2Br)CC1. The molecule has 1 heterocycles. The Morgan fingerprint density at radius 3 is 2.81 bits per heavy atom. The van der Waals surface area contributed by atoms with Crippen molar-refractivity contribution in [2.45, 2.75) is 19.3 Å². The molecular formula is C15H21BrFN3O. The lowest BCUT2D eigenvalue weighted by molar-refractivity contribution is 0.0948. The Balaban J connectivity index is 1.83. The Bertz CT molecular complexity index is 516. The third kappa shape index (κ3) is 4.41. The Morgan fingerprint density at radius 2 is 2.14 bits per heavy atom. The molecule has 0 spiro atoms.